The smallest absolute Gasteiger partial charge is 0.375 e. The molecule has 0 aliphatic rings. The highest BCUT2D eigenvalue weighted by atomic mass is 19.1. The van der Waals surface area contributed by atoms with Crippen LogP contribution < -0.4 is 5.32 Å². The lowest BCUT2D eigenvalue weighted by Crippen LogP contribution is -2.30. The first kappa shape index (κ1) is 19.3. The predicted molar refractivity (Wildman–Crippen MR) is 101 cm³/mol. The van der Waals surface area contributed by atoms with Crippen LogP contribution >= 0.6 is 0 Å². The lowest BCUT2D eigenvalue weighted by Gasteiger charge is -2.14. The van der Waals surface area contributed by atoms with Gasteiger partial charge in [-0.2, -0.15) is 0 Å². The second-order valence-corrected chi connectivity index (χ2v) is 6.34. The van der Waals surface area contributed by atoms with Gasteiger partial charge in [-0.05, 0) is 51.1 Å². The number of nitrogens with one attached hydrogen (secondary N) is 1. The van der Waals surface area contributed by atoms with E-state index in [0.717, 1.165) is 0 Å². The standard InChI is InChI=1S/C21H18FNO5/c1-11-16-10-14(22)8-9-18(16)28-19(11)21(26)27-13(3)20(25)23-17-7-5-4-6-15(17)12(2)24/h4-10,13H,1-3H3,(H,23,25)/t13-/m1/s1. The Balaban J connectivity index is 1.75. The van der Waals surface area contributed by atoms with Crippen molar-refractivity contribution in [3.8, 4) is 0 Å². The molecule has 3 rings (SSSR count). The number of rotatable bonds is 5. The summed E-state index contributed by atoms with van der Waals surface area (Å²) in [7, 11) is 0. The van der Waals surface area contributed by atoms with E-state index in [2.05, 4.69) is 5.32 Å². The lowest BCUT2D eigenvalue weighted by atomic mass is 10.1. The van der Waals surface area contributed by atoms with Crippen molar-refractivity contribution in [2.24, 2.45) is 0 Å². The van der Waals surface area contributed by atoms with Gasteiger partial charge < -0.3 is 14.5 Å². The highest BCUT2D eigenvalue weighted by Crippen LogP contribution is 2.27. The zero-order valence-electron chi connectivity index (χ0n) is 15.5. The lowest BCUT2D eigenvalue weighted by molar-refractivity contribution is -0.123. The largest absolute Gasteiger partial charge is 0.449 e. The Morgan fingerprint density at radius 3 is 2.57 bits per heavy atom. The Bertz CT molecular complexity index is 1090. The van der Waals surface area contributed by atoms with Crippen molar-refractivity contribution < 1.29 is 27.9 Å². The van der Waals surface area contributed by atoms with Crippen LogP contribution in [0.15, 0.2) is 46.9 Å². The third-order valence-electron chi connectivity index (χ3n) is 4.30. The Kier molecular flexibility index (Phi) is 5.26. The van der Waals surface area contributed by atoms with Gasteiger partial charge in [0.2, 0.25) is 5.76 Å². The molecule has 0 fully saturated rings. The number of hydrogen-bond acceptors (Lipinski definition) is 5. The summed E-state index contributed by atoms with van der Waals surface area (Å²) in [6.45, 7) is 4.40. The summed E-state index contributed by atoms with van der Waals surface area (Å²) in [5.41, 5.74) is 1.45. The number of ether oxygens (including phenoxy) is 1. The number of esters is 1. The predicted octanol–water partition coefficient (Wildman–Crippen LogP) is 4.27. The molecule has 7 heteroatoms. The Hall–Kier alpha value is -3.48. The van der Waals surface area contributed by atoms with Crippen LogP contribution in [0.25, 0.3) is 11.0 Å². The van der Waals surface area contributed by atoms with E-state index in [1.165, 1.54) is 32.0 Å². The van der Waals surface area contributed by atoms with Crippen molar-refractivity contribution in [3.05, 3.63) is 65.2 Å². The molecule has 1 N–H and O–H groups in total. The molecule has 0 saturated carbocycles. The first-order valence-electron chi connectivity index (χ1n) is 8.58. The summed E-state index contributed by atoms with van der Waals surface area (Å²) >= 11 is 0. The normalized spacial score (nSPS) is 11.9. The fourth-order valence-corrected chi connectivity index (χ4v) is 2.79. The summed E-state index contributed by atoms with van der Waals surface area (Å²) in [5, 5.41) is 3.04. The zero-order valence-corrected chi connectivity index (χ0v) is 15.5. The van der Waals surface area contributed by atoms with Gasteiger partial charge in [-0.25, -0.2) is 9.18 Å². The molecule has 0 unspecified atom stereocenters. The summed E-state index contributed by atoms with van der Waals surface area (Å²) in [6.07, 6.45) is -1.14. The number of ketones is 1. The van der Waals surface area contributed by atoms with Crippen molar-refractivity contribution in [2.75, 3.05) is 5.32 Å². The van der Waals surface area contributed by atoms with Crippen LogP contribution in [0.3, 0.4) is 0 Å². The molecule has 6 nitrogen and oxygen atoms in total. The number of halogens is 1. The van der Waals surface area contributed by atoms with Crippen molar-refractivity contribution in [1.29, 1.82) is 0 Å². The van der Waals surface area contributed by atoms with Crippen LogP contribution in [-0.2, 0) is 9.53 Å². The number of para-hydroxylation sites is 1. The minimum atomic E-state index is -1.14. The van der Waals surface area contributed by atoms with E-state index < -0.39 is 23.8 Å². The van der Waals surface area contributed by atoms with E-state index in [4.69, 9.17) is 9.15 Å². The average Bonchev–Trinajstić information content (AvgIpc) is 2.98. The molecule has 0 saturated heterocycles. The van der Waals surface area contributed by atoms with Gasteiger partial charge in [-0.1, -0.05) is 12.1 Å². The minimum Gasteiger partial charge on any atom is -0.449 e. The van der Waals surface area contributed by atoms with E-state index in [0.29, 0.717) is 27.8 Å². The number of carbonyl (C=O) groups excluding carboxylic acids is 3. The molecular formula is C21H18FNO5. The van der Waals surface area contributed by atoms with Gasteiger partial charge in [0.1, 0.15) is 11.4 Å². The monoisotopic (exact) mass is 383 g/mol. The number of benzene rings is 2. The summed E-state index contributed by atoms with van der Waals surface area (Å²) in [4.78, 5) is 36.4. The molecule has 0 bridgehead atoms. The van der Waals surface area contributed by atoms with Crippen LogP contribution in [0.2, 0.25) is 0 Å². The molecule has 144 valence electrons. The van der Waals surface area contributed by atoms with Crippen LogP contribution in [0, 0.1) is 12.7 Å². The van der Waals surface area contributed by atoms with Crippen LogP contribution in [0.1, 0.15) is 40.3 Å². The number of aryl methyl sites for hydroxylation is 1. The molecular weight excluding hydrogens is 365 g/mol. The summed E-state index contributed by atoms with van der Waals surface area (Å²) in [6, 6.07) is 10.4. The number of furan rings is 1. The maximum Gasteiger partial charge on any atom is 0.375 e. The Labute approximate surface area is 160 Å². The van der Waals surface area contributed by atoms with Gasteiger partial charge in [0.05, 0.1) is 5.69 Å². The van der Waals surface area contributed by atoms with Gasteiger partial charge in [0.25, 0.3) is 5.91 Å². The van der Waals surface area contributed by atoms with E-state index in [9.17, 15) is 18.8 Å². The van der Waals surface area contributed by atoms with Gasteiger partial charge >= 0.3 is 5.97 Å². The number of carbonyl (C=O) groups is 3. The zero-order chi connectivity index (χ0) is 20.4. The molecule has 1 heterocycles. The molecule has 1 amide bonds. The Morgan fingerprint density at radius 1 is 1.14 bits per heavy atom. The van der Waals surface area contributed by atoms with E-state index >= 15 is 0 Å². The molecule has 0 aliphatic heterocycles. The third-order valence-corrected chi connectivity index (χ3v) is 4.30. The molecule has 1 atom stereocenters. The second kappa shape index (κ2) is 7.64. The highest BCUT2D eigenvalue weighted by molar-refractivity contribution is 6.05. The van der Waals surface area contributed by atoms with E-state index in [-0.39, 0.29) is 11.5 Å². The molecule has 3 aromatic rings. The van der Waals surface area contributed by atoms with Gasteiger partial charge in [0, 0.05) is 16.5 Å². The van der Waals surface area contributed by atoms with Gasteiger partial charge in [0.15, 0.2) is 11.9 Å². The van der Waals surface area contributed by atoms with Gasteiger partial charge in [-0.15, -0.1) is 0 Å². The van der Waals surface area contributed by atoms with Crippen molar-refractivity contribution in [1.82, 2.24) is 0 Å². The summed E-state index contributed by atoms with van der Waals surface area (Å²) in [5.74, 6) is -2.18. The number of anilines is 1. The molecule has 2 aromatic carbocycles. The van der Waals surface area contributed by atoms with Crippen molar-refractivity contribution in [3.63, 3.8) is 0 Å². The van der Waals surface area contributed by atoms with Crippen LogP contribution in [0.4, 0.5) is 10.1 Å². The molecule has 0 spiro atoms. The van der Waals surface area contributed by atoms with Crippen molar-refractivity contribution in [2.45, 2.75) is 26.9 Å². The van der Waals surface area contributed by atoms with Crippen LogP contribution in [-0.4, -0.2) is 23.8 Å². The molecule has 28 heavy (non-hydrogen) atoms. The van der Waals surface area contributed by atoms with Gasteiger partial charge in [-0.3, -0.25) is 9.59 Å². The fourth-order valence-electron chi connectivity index (χ4n) is 2.79. The fraction of sp³-hybridized carbons (Fsp3) is 0.190. The van der Waals surface area contributed by atoms with Crippen molar-refractivity contribution >= 4 is 34.3 Å². The first-order valence-corrected chi connectivity index (χ1v) is 8.58. The van der Waals surface area contributed by atoms with Crippen LogP contribution in [0.5, 0.6) is 0 Å². The quantitative estimate of drug-likeness (QED) is 0.525. The number of Topliss-reactive ketones (excluding diaryl/α,β-unsaturated/α-hetero) is 1. The molecule has 0 aliphatic carbocycles. The second-order valence-electron chi connectivity index (χ2n) is 6.34. The summed E-state index contributed by atoms with van der Waals surface area (Å²) < 4.78 is 24.0. The highest BCUT2D eigenvalue weighted by Gasteiger charge is 2.25. The van der Waals surface area contributed by atoms with E-state index in [1.54, 1.807) is 31.2 Å². The number of fused-ring (bicyclic) bond motifs is 1. The topological polar surface area (TPSA) is 85.6 Å². The average molecular weight is 383 g/mol. The van der Waals surface area contributed by atoms with E-state index in [1.807, 2.05) is 0 Å². The maximum atomic E-state index is 13.4. The maximum absolute atomic E-state index is 13.4. The minimum absolute atomic E-state index is 0.0932. The number of hydrogen-bond donors (Lipinski definition) is 1. The number of amides is 1. The Morgan fingerprint density at radius 2 is 1.86 bits per heavy atom. The molecule has 0 radical (unpaired) electrons. The third kappa shape index (κ3) is 3.78. The first-order chi connectivity index (χ1) is 13.3. The molecule has 1 aromatic heterocycles. The SMILES string of the molecule is CC(=O)c1ccccc1NC(=O)[C@@H](C)OC(=O)c1oc2ccc(F)cc2c1C.